The van der Waals surface area contributed by atoms with Gasteiger partial charge in [-0.05, 0) is 24.6 Å². The molecule has 0 saturated heterocycles. The number of carbonyl (C=O) groups is 2. The molecule has 122 valence electrons. The van der Waals surface area contributed by atoms with Gasteiger partial charge in [0.15, 0.2) is 11.5 Å². The predicted molar refractivity (Wildman–Crippen MR) is 85.3 cm³/mol. The maximum absolute atomic E-state index is 10.8. The predicted octanol–water partition coefficient (Wildman–Crippen LogP) is 3.51. The van der Waals surface area contributed by atoms with Crippen molar-refractivity contribution in [2.24, 2.45) is 0 Å². The van der Waals surface area contributed by atoms with E-state index in [9.17, 15) is 9.59 Å². The van der Waals surface area contributed by atoms with E-state index in [-0.39, 0.29) is 11.7 Å². The lowest BCUT2D eigenvalue weighted by Crippen LogP contribution is -2.03. The van der Waals surface area contributed by atoms with Crippen LogP contribution in [0.25, 0.3) is 0 Å². The number of esters is 1. The molecule has 5 heteroatoms. The molecule has 1 N–H and O–H groups in total. The van der Waals surface area contributed by atoms with Gasteiger partial charge in [0.1, 0.15) is 12.9 Å². The number of hydrogen-bond acceptors (Lipinski definition) is 5. The first kappa shape index (κ1) is 19.7. The number of aromatic hydroxyl groups is 1. The van der Waals surface area contributed by atoms with Crippen molar-refractivity contribution in [2.45, 2.75) is 32.6 Å². The number of unbranched alkanes of at least 4 members (excludes halogenated alkanes) is 2. The Morgan fingerprint density at radius 2 is 2.09 bits per heavy atom. The van der Waals surface area contributed by atoms with E-state index in [4.69, 9.17) is 14.6 Å². The molecule has 1 rings (SSSR count). The Kier molecular flexibility index (Phi) is 11.1. The van der Waals surface area contributed by atoms with E-state index in [0.717, 1.165) is 19.3 Å². The zero-order valence-corrected chi connectivity index (χ0v) is 13.2. The Hall–Kier alpha value is -2.30. The highest BCUT2D eigenvalue weighted by Crippen LogP contribution is 2.25. The van der Waals surface area contributed by atoms with Crippen LogP contribution < -0.4 is 4.74 Å². The molecule has 22 heavy (non-hydrogen) atoms. The topological polar surface area (TPSA) is 72.8 Å². The molecule has 0 radical (unpaired) electrons. The molecule has 0 amide bonds. The van der Waals surface area contributed by atoms with Crippen molar-refractivity contribution < 1.29 is 24.2 Å². The van der Waals surface area contributed by atoms with Crippen LogP contribution in [0.2, 0.25) is 0 Å². The highest BCUT2D eigenvalue weighted by Gasteiger charge is 2.00. The second-order valence-corrected chi connectivity index (χ2v) is 4.48. The number of methoxy groups -OCH3 is 1. The van der Waals surface area contributed by atoms with E-state index >= 15 is 0 Å². The van der Waals surface area contributed by atoms with Crippen molar-refractivity contribution in [3.8, 4) is 11.5 Å². The molecule has 0 heterocycles. The standard InChI is InChI=1S/C9H16O2.C8H8O3/c1-3-5-6-7-9(10)11-8-4-2;1-11-8-4-6(5-9)2-3-7(8)10/h4H,2-3,5-8H2,1H3;2-5,10H,1H3. The zero-order chi connectivity index (χ0) is 16.8. The summed E-state index contributed by atoms with van der Waals surface area (Å²) in [5, 5.41) is 9.09. The van der Waals surface area contributed by atoms with Crippen LogP contribution in [0, 0.1) is 0 Å². The molecule has 0 spiro atoms. The summed E-state index contributed by atoms with van der Waals surface area (Å²) in [4.78, 5) is 21.1. The van der Waals surface area contributed by atoms with E-state index < -0.39 is 0 Å². The Balaban J connectivity index is 0.000000401. The van der Waals surface area contributed by atoms with Gasteiger partial charge in [0.25, 0.3) is 0 Å². The van der Waals surface area contributed by atoms with Gasteiger partial charge in [-0.25, -0.2) is 0 Å². The minimum Gasteiger partial charge on any atom is -0.504 e. The lowest BCUT2D eigenvalue weighted by atomic mass is 10.2. The van der Waals surface area contributed by atoms with Crippen LogP contribution in [0.5, 0.6) is 11.5 Å². The maximum Gasteiger partial charge on any atom is 0.306 e. The lowest BCUT2D eigenvalue weighted by Gasteiger charge is -2.01. The molecule has 0 aliphatic rings. The molecule has 0 aliphatic carbocycles. The minimum atomic E-state index is -0.113. The second kappa shape index (κ2) is 12.4. The number of aldehydes is 1. The van der Waals surface area contributed by atoms with Gasteiger partial charge in [-0.2, -0.15) is 0 Å². The number of phenols is 1. The summed E-state index contributed by atoms with van der Waals surface area (Å²) in [5.74, 6) is 0.242. The molecular weight excluding hydrogens is 284 g/mol. The van der Waals surface area contributed by atoms with Gasteiger partial charge in [-0.1, -0.05) is 32.4 Å². The zero-order valence-electron chi connectivity index (χ0n) is 13.2. The summed E-state index contributed by atoms with van der Waals surface area (Å²) >= 11 is 0. The fraction of sp³-hybridized carbons (Fsp3) is 0.412. The average molecular weight is 308 g/mol. The van der Waals surface area contributed by atoms with Crippen LogP contribution in [0.3, 0.4) is 0 Å². The van der Waals surface area contributed by atoms with Crippen LogP contribution in [0.4, 0.5) is 0 Å². The number of hydrogen-bond donors (Lipinski definition) is 1. The summed E-state index contributed by atoms with van der Waals surface area (Å²) in [6.45, 7) is 5.90. The third-order valence-electron chi connectivity index (χ3n) is 2.69. The van der Waals surface area contributed by atoms with Gasteiger partial charge in [0, 0.05) is 12.0 Å². The molecule has 0 fully saturated rings. The van der Waals surface area contributed by atoms with Gasteiger partial charge in [-0.3, -0.25) is 9.59 Å². The summed E-state index contributed by atoms with van der Waals surface area (Å²) in [6, 6.07) is 4.41. The number of phenolic OH excluding ortho intramolecular Hbond substituents is 1. The number of benzene rings is 1. The van der Waals surface area contributed by atoms with Crippen molar-refractivity contribution in [2.75, 3.05) is 13.7 Å². The van der Waals surface area contributed by atoms with Crippen molar-refractivity contribution >= 4 is 12.3 Å². The van der Waals surface area contributed by atoms with Crippen molar-refractivity contribution in [1.29, 1.82) is 0 Å². The summed E-state index contributed by atoms with van der Waals surface area (Å²) < 4.78 is 9.56. The van der Waals surface area contributed by atoms with Crippen molar-refractivity contribution in [3.05, 3.63) is 36.4 Å². The van der Waals surface area contributed by atoms with Gasteiger partial charge in [0.2, 0.25) is 0 Å². The lowest BCUT2D eigenvalue weighted by molar-refractivity contribution is -0.142. The largest absolute Gasteiger partial charge is 0.504 e. The van der Waals surface area contributed by atoms with Gasteiger partial charge >= 0.3 is 5.97 Å². The molecule has 5 nitrogen and oxygen atoms in total. The number of rotatable bonds is 8. The second-order valence-electron chi connectivity index (χ2n) is 4.48. The smallest absolute Gasteiger partial charge is 0.306 e. The Bertz CT molecular complexity index is 468. The molecule has 0 unspecified atom stereocenters. The highest BCUT2D eigenvalue weighted by atomic mass is 16.5. The van der Waals surface area contributed by atoms with Gasteiger partial charge in [0.05, 0.1) is 7.11 Å². The van der Waals surface area contributed by atoms with Crippen LogP contribution in [-0.4, -0.2) is 31.1 Å². The SMILES string of the molecule is C=CCOC(=O)CCCCC.COc1cc(C=O)ccc1O. The van der Waals surface area contributed by atoms with Crippen LogP contribution in [0.15, 0.2) is 30.9 Å². The molecule has 0 saturated carbocycles. The Morgan fingerprint density at radius 1 is 1.36 bits per heavy atom. The van der Waals surface area contributed by atoms with E-state index in [1.165, 1.54) is 25.3 Å². The maximum atomic E-state index is 10.8. The first-order chi connectivity index (χ1) is 10.6. The molecule has 1 aromatic rings. The normalized spacial score (nSPS) is 9.18. The molecule has 0 aliphatic heterocycles. The van der Waals surface area contributed by atoms with Gasteiger partial charge in [-0.15, -0.1) is 0 Å². The quantitative estimate of drug-likeness (QED) is 0.344. The Labute approximate surface area is 131 Å². The number of ether oxygens (including phenoxy) is 2. The fourth-order valence-corrected chi connectivity index (χ4v) is 1.51. The summed E-state index contributed by atoms with van der Waals surface area (Å²) in [5.41, 5.74) is 0.486. The average Bonchev–Trinajstić information content (AvgIpc) is 2.54. The summed E-state index contributed by atoms with van der Waals surface area (Å²) in [6.07, 6.45) is 5.99. The highest BCUT2D eigenvalue weighted by molar-refractivity contribution is 5.76. The van der Waals surface area contributed by atoms with E-state index in [1.807, 2.05) is 0 Å². The van der Waals surface area contributed by atoms with Gasteiger partial charge < -0.3 is 14.6 Å². The molecule has 0 aromatic heterocycles. The fourth-order valence-electron chi connectivity index (χ4n) is 1.51. The monoisotopic (exact) mass is 308 g/mol. The van der Waals surface area contributed by atoms with Crippen LogP contribution in [0.1, 0.15) is 43.0 Å². The molecular formula is C17H24O5. The van der Waals surface area contributed by atoms with Crippen molar-refractivity contribution in [1.82, 2.24) is 0 Å². The first-order valence-electron chi connectivity index (χ1n) is 7.17. The van der Waals surface area contributed by atoms with E-state index in [2.05, 4.69) is 13.5 Å². The third kappa shape index (κ3) is 8.79. The first-order valence-corrected chi connectivity index (χ1v) is 7.17. The molecule has 0 bridgehead atoms. The van der Waals surface area contributed by atoms with Crippen LogP contribution in [-0.2, 0) is 9.53 Å². The number of carbonyl (C=O) groups excluding carboxylic acids is 2. The third-order valence-corrected chi connectivity index (χ3v) is 2.69. The van der Waals surface area contributed by atoms with E-state index in [1.54, 1.807) is 6.08 Å². The molecule has 1 aromatic carbocycles. The minimum absolute atomic E-state index is 0.0399. The van der Waals surface area contributed by atoms with E-state index in [0.29, 0.717) is 30.6 Å². The summed E-state index contributed by atoms with van der Waals surface area (Å²) in [7, 11) is 1.43. The van der Waals surface area contributed by atoms with Crippen molar-refractivity contribution in [3.63, 3.8) is 0 Å². The van der Waals surface area contributed by atoms with Crippen LogP contribution >= 0.6 is 0 Å². The molecule has 0 atom stereocenters. The Morgan fingerprint density at radius 3 is 2.64 bits per heavy atom.